The van der Waals surface area contributed by atoms with Crippen molar-refractivity contribution in [2.75, 3.05) is 18.4 Å². The first kappa shape index (κ1) is 11.1. The molecule has 0 saturated heterocycles. The van der Waals surface area contributed by atoms with Gasteiger partial charge in [-0.15, -0.1) is 6.42 Å². The van der Waals surface area contributed by atoms with Crippen LogP contribution in [-0.2, 0) is 4.79 Å². The average Bonchev–Trinajstić information content (AvgIpc) is 2.24. The van der Waals surface area contributed by atoms with E-state index in [9.17, 15) is 4.79 Å². The Balaban J connectivity index is 2.38. The number of benzene rings is 1. The summed E-state index contributed by atoms with van der Waals surface area (Å²) in [5.74, 6) is 2.55. The molecular formula is C12H14N2O. The predicted molar refractivity (Wildman–Crippen MR) is 61.6 cm³/mol. The van der Waals surface area contributed by atoms with Crippen molar-refractivity contribution in [1.29, 1.82) is 0 Å². The molecule has 78 valence electrons. The van der Waals surface area contributed by atoms with Gasteiger partial charge in [-0.05, 0) is 18.2 Å². The number of hydrogen-bond acceptors (Lipinski definition) is 2. The molecule has 1 amide bonds. The molecule has 1 rings (SSSR count). The van der Waals surface area contributed by atoms with Crippen LogP contribution in [0.1, 0.15) is 12.5 Å². The molecule has 0 aliphatic carbocycles. The summed E-state index contributed by atoms with van der Waals surface area (Å²) >= 11 is 0. The molecule has 1 aromatic rings. The smallest absolute Gasteiger partial charge is 0.216 e. The minimum Gasteiger partial charge on any atom is -0.383 e. The molecule has 0 radical (unpaired) electrons. The summed E-state index contributed by atoms with van der Waals surface area (Å²) in [6.07, 6.45) is 5.28. The second-order valence-electron chi connectivity index (χ2n) is 3.13. The summed E-state index contributed by atoms with van der Waals surface area (Å²) in [5, 5.41) is 5.87. The lowest BCUT2D eigenvalue weighted by molar-refractivity contribution is -0.118. The topological polar surface area (TPSA) is 41.1 Å². The fraction of sp³-hybridized carbons (Fsp3) is 0.250. The zero-order valence-corrected chi connectivity index (χ0v) is 8.71. The van der Waals surface area contributed by atoms with Crippen molar-refractivity contribution >= 4 is 11.6 Å². The van der Waals surface area contributed by atoms with E-state index in [1.807, 2.05) is 24.3 Å². The molecule has 0 fully saturated rings. The molecule has 0 unspecified atom stereocenters. The molecule has 2 N–H and O–H groups in total. The van der Waals surface area contributed by atoms with Gasteiger partial charge >= 0.3 is 0 Å². The van der Waals surface area contributed by atoms with Crippen LogP contribution in [-0.4, -0.2) is 19.0 Å². The van der Waals surface area contributed by atoms with Gasteiger partial charge in [-0.2, -0.15) is 0 Å². The van der Waals surface area contributed by atoms with Crippen LogP contribution in [0.2, 0.25) is 0 Å². The average molecular weight is 202 g/mol. The lowest BCUT2D eigenvalue weighted by atomic mass is 10.2. The number of carbonyl (C=O) groups is 1. The first-order valence-corrected chi connectivity index (χ1v) is 4.77. The van der Waals surface area contributed by atoms with Crippen LogP contribution in [0.15, 0.2) is 24.3 Å². The van der Waals surface area contributed by atoms with Gasteiger partial charge in [0.1, 0.15) is 0 Å². The largest absolute Gasteiger partial charge is 0.383 e. The first-order valence-electron chi connectivity index (χ1n) is 4.77. The van der Waals surface area contributed by atoms with Crippen LogP contribution in [0.25, 0.3) is 0 Å². The van der Waals surface area contributed by atoms with Gasteiger partial charge in [-0.1, -0.05) is 12.0 Å². The molecule has 0 saturated carbocycles. The summed E-state index contributed by atoms with van der Waals surface area (Å²) in [5.41, 5.74) is 1.82. The molecule has 0 aromatic heterocycles. The van der Waals surface area contributed by atoms with Crippen LogP contribution >= 0.6 is 0 Å². The quantitative estimate of drug-likeness (QED) is 0.569. The molecule has 0 spiro atoms. The Labute approximate surface area is 89.9 Å². The highest BCUT2D eigenvalue weighted by molar-refractivity contribution is 5.72. The molecular weight excluding hydrogens is 188 g/mol. The zero-order valence-electron chi connectivity index (χ0n) is 8.71. The van der Waals surface area contributed by atoms with Crippen LogP contribution in [0.3, 0.4) is 0 Å². The Kier molecular flexibility index (Phi) is 4.24. The fourth-order valence-corrected chi connectivity index (χ4v) is 1.16. The second-order valence-corrected chi connectivity index (χ2v) is 3.13. The lowest BCUT2D eigenvalue weighted by Gasteiger charge is -2.06. The van der Waals surface area contributed by atoms with E-state index in [1.165, 1.54) is 6.92 Å². The molecule has 0 atom stereocenters. The van der Waals surface area contributed by atoms with Crippen molar-refractivity contribution in [3.63, 3.8) is 0 Å². The van der Waals surface area contributed by atoms with Crippen molar-refractivity contribution < 1.29 is 4.79 Å². The molecule has 3 nitrogen and oxygen atoms in total. The van der Waals surface area contributed by atoms with Gasteiger partial charge in [0.15, 0.2) is 0 Å². The zero-order chi connectivity index (χ0) is 11.1. The maximum absolute atomic E-state index is 10.6. The van der Waals surface area contributed by atoms with E-state index in [-0.39, 0.29) is 5.91 Å². The van der Waals surface area contributed by atoms with Gasteiger partial charge in [0.05, 0.1) is 0 Å². The van der Waals surface area contributed by atoms with Crippen molar-refractivity contribution in [3.8, 4) is 12.3 Å². The first-order chi connectivity index (χ1) is 7.22. The lowest BCUT2D eigenvalue weighted by Crippen LogP contribution is -2.26. The summed E-state index contributed by atoms with van der Waals surface area (Å²) in [6, 6.07) is 7.61. The number of terminal acetylenes is 1. The van der Waals surface area contributed by atoms with Gasteiger partial charge in [0.25, 0.3) is 0 Å². The Hall–Kier alpha value is -1.95. The van der Waals surface area contributed by atoms with Crippen LogP contribution in [0.4, 0.5) is 5.69 Å². The van der Waals surface area contributed by atoms with Gasteiger partial charge < -0.3 is 10.6 Å². The summed E-state index contributed by atoms with van der Waals surface area (Å²) in [4.78, 5) is 10.6. The number of amides is 1. The number of hydrogen-bond donors (Lipinski definition) is 2. The van der Waals surface area contributed by atoms with E-state index in [2.05, 4.69) is 16.6 Å². The second kappa shape index (κ2) is 5.71. The molecule has 0 aliphatic heterocycles. The maximum Gasteiger partial charge on any atom is 0.216 e. The molecule has 3 heteroatoms. The van der Waals surface area contributed by atoms with Crippen molar-refractivity contribution in [1.82, 2.24) is 5.32 Å². The highest BCUT2D eigenvalue weighted by atomic mass is 16.1. The Bertz CT molecular complexity index is 379. The number of anilines is 1. The van der Waals surface area contributed by atoms with Crippen LogP contribution < -0.4 is 10.6 Å². The van der Waals surface area contributed by atoms with E-state index >= 15 is 0 Å². The van der Waals surface area contributed by atoms with Crippen molar-refractivity contribution in [2.24, 2.45) is 0 Å². The summed E-state index contributed by atoms with van der Waals surface area (Å²) in [6.45, 7) is 2.79. The third kappa shape index (κ3) is 4.19. The maximum atomic E-state index is 10.6. The fourth-order valence-electron chi connectivity index (χ4n) is 1.16. The normalized spacial score (nSPS) is 9.07. The molecule has 0 aliphatic rings. The van der Waals surface area contributed by atoms with Gasteiger partial charge in [0, 0.05) is 31.3 Å². The summed E-state index contributed by atoms with van der Waals surface area (Å²) in [7, 11) is 0. The Morgan fingerprint density at radius 1 is 1.47 bits per heavy atom. The number of rotatable bonds is 4. The minimum absolute atomic E-state index is 0.0193. The van der Waals surface area contributed by atoms with Crippen molar-refractivity contribution in [3.05, 3.63) is 29.8 Å². The van der Waals surface area contributed by atoms with E-state index in [0.29, 0.717) is 13.1 Å². The van der Waals surface area contributed by atoms with Crippen LogP contribution in [0.5, 0.6) is 0 Å². The van der Waals surface area contributed by atoms with E-state index in [4.69, 9.17) is 6.42 Å². The van der Waals surface area contributed by atoms with E-state index < -0.39 is 0 Å². The molecule has 0 heterocycles. The number of carbonyl (C=O) groups excluding carboxylic acids is 1. The van der Waals surface area contributed by atoms with Gasteiger partial charge in [-0.3, -0.25) is 4.79 Å². The SMILES string of the molecule is C#Cc1cccc(NCCNC(C)=O)c1. The monoisotopic (exact) mass is 202 g/mol. The molecule has 15 heavy (non-hydrogen) atoms. The number of nitrogens with one attached hydrogen (secondary N) is 2. The van der Waals surface area contributed by atoms with Gasteiger partial charge in [-0.25, -0.2) is 0 Å². The van der Waals surface area contributed by atoms with E-state index in [0.717, 1.165) is 11.3 Å². The Morgan fingerprint density at radius 2 is 2.27 bits per heavy atom. The highest BCUT2D eigenvalue weighted by Gasteiger charge is 1.93. The Morgan fingerprint density at radius 3 is 2.93 bits per heavy atom. The highest BCUT2D eigenvalue weighted by Crippen LogP contribution is 2.08. The molecule has 0 bridgehead atoms. The standard InChI is InChI=1S/C12H14N2O/c1-3-11-5-4-6-12(9-11)14-8-7-13-10(2)15/h1,4-6,9,14H,7-8H2,2H3,(H,13,15). The predicted octanol–water partition coefficient (Wildman–Crippen LogP) is 1.22. The minimum atomic E-state index is -0.0193. The summed E-state index contributed by atoms with van der Waals surface area (Å²) < 4.78 is 0. The third-order valence-corrected chi connectivity index (χ3v) is 1.86. The van der Waals surface area contributed by atoms with E-state index in [1.54, 1.807) is 0 Å². The third-order valence-electron chi connectivity index (χ3n) is 1.86. The molecule has 1 aromatic carbocycles. The van der Waals surface area contributed by atoms with Crippen LogP contribution in [0, 0.1) is 12.3 Å². The van der Waals surface area contributed by atoms with Gasteiger partial charge in [0.2, 0.25) is 5.91 Å². The van der Waals surface area contributed by atoms with Crippen molar-refractivity contribution in [2.45, 2.75) is 6.92 Å².